The molecular weight excluding hydrogens is 616 g/mol. The van der Waals surface area contributed by atoms with E-state index in [-0.39, 0.29) is 38.1 Å². The number of amides is 2. The molecule has 3 rings (SSSR count). The lowest BCUT2D eigenvalue weighted by Gasteiger charge is -2.45. The van der Waals surface area contributed by atoms with E-state index in [2.05, 4.69) is 15.3 Å². The van der Waals surface area contributed by atoms with Crippen molar-refractivity contribution in [3.05, 3.63) is 10.4 Å². The maximum absolute atomic E-state index is 13.9. The number of unbranched alkanes of at least 4 members (excludes halogenated alkanes) is 1. The van der Waals surface area contributed by atoms with E-state index in [0.717, 1.165) is 0 Å². The number of aliphatic hydroxyl groups is 1. The Morgan fingerprint density at radius 3 is 2.53 bits per heavy atom. The lowest BCUT2D eigenvalue weighted by Crippen LogP contribution is -2.59. The predicted molar refractivity (Wildman–Crippen MR) is 168 cm³/mol. The normalized spacial score (nSPS) is 39.1. The van der Waals surface area contributed by atoms with Gasteiger partial charge in [-0.25, -0.2) is 4.79 Å². The summed E-state index contributed by atoms with van der Waals surface area (Å²) < 4.78 is 29.8. The van der Waals surface area contributed by atoms with E-state index in [4.69, 9.17) is 34.9 Å². The number of hydrogen-bond acceptors (Lipinski definition) is 12. The Kier molecular flexibility index (Phi) is 13.4. The van der Waals surface area contributed by atoms with Gasteiger partial charge in [0.15, 0.2) is 17.9 Å². The third kappa shape index (κ3) is 8.92. The molecule has 16 heteroatoms. The average molecular weight is 669 g/mol. The Morgan fingerprint density at radius 2 is 1.89 bits per heavy atom. The van der Waals surface area contributed by atoms with E-state index in [1.807, 2.05) is 13.8 Å². The number of carbonyl (C=O) groups is 4. The van der Waals surface area contributed by atoms with E-state index in [9.17, 15) is 24.3 Å². The summed E-state index contributed by atoms with van der Waals surface area (Å²) in [7, 11) is 1.48. The van der Waals surface area contributed by atoms with Gasteiger partial charge in [-0.2, -0.15) is 0 Å². The molecule has 3 aliphatic rings. The predicted octanol–water partition coefficient (Wildman–Crippen LogP) is 2.34. The quantitative estimate of drug-likeness (QED) is 0.0807. The number of nitrogens with one attached hydrogen (secondary N) is 1. The van der Waals surface area contributed by atoms with Crippen LogP contribution in [0.15, 0.2) is 5.11 Å². The van der Waals surface area contributed by atoms with E-state index in [0.29, 0.717) is 25.7 Å². The van der Waals surface area contributed by atoms with Gasteiger partial charge in [0.25, 0.3) is 0 Å². The highest BCUT2D eigenvalue weighted by atomic mass is 16.7. The second kappa shape index (κ2) is 16.4. The Balaban J connectivity index is 1.97. The van der Waals surface area contributed by atoms with Crippen molar-refractivity contribution in [1.82, 2.24) is 10.2 Å². The van der Waals surface area contributed by atoms with Crippen molar-refractivity contribution in [2.45, 2.75) is 134 Å². The highest BCUT2D eigenvalue weighted by molar-refractivity contribution is 5.97. The maximum Gasteiger partial charge on any atom is 0.411 e. The standard InChI is InChI=1S/C31H52N6O10/c1-8-22-31(6)25(37(29(42)47-31)12-10-9-11-35-36-33)27(41)34-16-17(2)15-30(5,43-7)26(19(4)21(38)14-23(39)45-22)46-28-24(40)20(32)13-18(3)44-28/h17-20,22,24-26,28,40H,8-16,32H2,1-7H3,(H,34,41)/t17-,18?,19+,20?,22-,24?,25-,26-,28+,30-,31-/m1/s1. The topological polar surface area (TPSA) is 225 Å². The number of azide groups is 1. The minimum atomic E-state index is -1.56. The Morgan fingerprint density at radius 1 is 1.19 bits per heavy atom. The fourth-order valence-electron chi connectivity index (χ4n) is 6.96. The van der Waals surface area contributed by atoms with Crippen LogP contribution < -0.4 is 11.1 Å². The van der Waals surface area contributed by atoms with Crippen LogP contribution in [-0.4, -0.2) is 114 Å². The van der Waals surface area contributed by atoms with Crippen LogP contribution >= 0.6 is 0 Å². The number of hydrogen-bond donors (Lipinski definition) is 3. The number of ketones is 1. The largest absolute Gasteiger partial charge is 0.458 e. The summed E-state index contributed by atoms with van der Waals surface area (Å²) in [6, 6.07) is -1.76. The molecule has 0 saturated carbocycles. The van der Waals surface area contributed by atoms with Gasteiger partial charge < -0.3 is 39.8 Å². The van der Waals surface area contributed by atoms with Crippen LogP contribution in [0.3, 0.4) is 0 Å². The number of rotatable bonds is 9. The summed E-state index contributed by atoms with van der Waals surface area (Å²) in [5.74, 6) is -3.00. The highest BCUT2D eigenvalue weighted by Crippen LogP contribution is 2.38. The number of nitrogens with zero attached hydrogens (tertiary/aromatic N) is 4. The third-order valence-electron chi connectivity index (χ3n) is 9.59. The van der Waals surface area contributed by atoms with Crippen molar-refractivity contribution in [3.8, 4) is 0 Å². The van der Waals surface area contributed by atoms with Crippen LogP contribution in [0, 0.1) is 11.8 Å². The van der Waals surface area contributed by atoms with Crippen LogP contribution in [0.25, 0.3) is 10.4 Å². The van der Waals surface area contributed by atoms with Crippen molar-refractivity contribution in [2.24, 2.45) is 22.7 Å². The molecular formula is C31H52N6O10. The monoisotopic (exact) mass is 668 g/mol. The van der Waals surface area contributed by atoms with Crippen molar-refractivity contribution < 1.29 is 48.0 Å². The summed E-state index contributed by atoms with van der Waals surface area (Å²) in [5, 5.41) is 17.3. The Labute approximate surface area is 275 Å². The SMILES string of the molecule is CC[C@H]1OC(=O)CC(=O)[C@H](C)[C@@H](O[C@@H]2OC(C)CC(N)C2O)[C@](C)(OC)C[C@@H](C)CNC(=O)[C@H]2N(CCCCN=[N+]=[N-])C(=O)O[C@]12C. The molecule has 3 aliphatic heterocycles. The van der Waals surface area contributed by atoms with Gasteiger partial charge in [-0.1, -0.05) is 25.9 Å². The molecule has 0 aromatic heterocycles. The van der Waals surface area contributed by atoms with Crippen LogP contribution in [0.1, 0.15) is 80.1 Å². The number of esters is 1. The molecule has 47 heavy (non-hydrogen) atoms. The molecule has 0 spiro atoms. The van der Waals surface area contributed by atoms with Gasteiger partial charge >= 0.3 is 12.1 Å². The fraction of sp³-hybridized carbons (Fsp3) is 0.871. The molecule has 11 atom stereocenters. The third-order valence-corrected chi connectivity index (χ3v) is 9.59. The highest BCUT2D eigenvalue weighted by Gasteiger charge is 2.59. The molecule has 266 valence electrons. The second-order valence-corrected chi connectivity index (χ2v) is 13.5. The first-order chi connectivity index (χ1) is 22.1. The first-order valence-corrected chi connectivity index (χ1v) is 16.4. The molecule has 0 bridgehead atoms. The number of Topliss-reactive ketones (excluding diaryl/α,β-unsaturated/α-hetero) is 1. The maximum atomic E-state index is 13.9. The number of fused-ring (bicyclic) bond motifs is 1. The number of carbonyl (C=O) groups excluding carboxylic acids is 4. The van der Waals surface area contributed by atoms with Crippen molar-refractivity contribution >= 4 is 23.8 Å². The van der Waals surface area contributed by atoms with Crippen molar-refractivity contribution in [2.75, 3.05) is 26.7 Å². The zero-order chi connectivity index (χ0) is 35.1. The molecule has 3 saturated heterocycles. The van der Waals surface area contributed by atoms with Crippen molar-refractivity contribution in [3.63, 3.8) is 0 Å². The van der Waals surface area contributed by atoms with Crippen LogP contribution in [0.4, 0.5) is 4.79 Å². The molecule has 2 amide bonds. The van der Waals surface area contributed by atoms with Crippen LogP contribution in [0.5, 0.6) is 0 Å². The summed E-state index contributed by atoms with van der Waals surface area (Å²) in [5.41, 5.74) is 12.0. The first-order valence-electron chi connectivity index (χ1n) is 16.4. The zero-order valence-electron chi connectivity index (χ0n) is 28.5. The average Bonchev–Trinajstić information content (AvgIpc) is 3.27. The van der Waals surface area contributed by atoms with Crippen LogP contribution in [0.2, 0.25) is 0 Å². The lowest BCUT2D eigenvalue weighted by atomic mass is 9.80. The van der Waals surface area contributed by atoms with Crippen molar-refractivity contribution in [1.29, 1.82) is 0 Å². The molecule has 16 nitrogen and oxygen atoms in total. The first kappa shape index (κ1) is 38.4. The number of methoxy groups -OCH3 is 1. The zero-order valence-corrected chi connectivity index (χ0v) is 28.5. The molecule has 0 aliphatic carbocycles. The molecule has 0 aromatic carbocycles. The molecule has 3 heterocycles. The smallest absolute Gasteiger partial charge is 0.411 e. The minimum absolute atomic E-state index is 0.140. The van der Waals surface area contributed by atoms with E-state index >= 15 is 0 Å². The molecule has 0 aromatic rings. The summed E-state index contributed by atoms with van der Waals surface area (Å²) >= 11 is 0. The summed E-state index contributed by atoms with van der Waals surface area (Å²) in [4.78, 5) is 58.2. The number of ether oxygens (including phenoxy) is 5. The van der Waals surface area contributed by atoms with Gasteiger partial charge in [0.05, 0.1) is 17.8 Å². The minimum Gasteiger partial charge on any atom is -0.458 e. The second-order valence-electron chi connectivity index (χ2n) is 13.5. The number of aliphatic hydroxyl groups excluding tert-OH is 1. The van der Waals surface area contributed by atoms with E-state index in [1.165, 1.54) is 12.0 Å². The van der Waals surface area contributed by atoms with E-state index in [1.54, 1.807) is 27.7 Å². The van der Waals surface area contributed by atoms with Gasteiger partial charge in [-0.3, -0.25) is 19.3 Å². The van der Waals surface area contributed by atoms with Gasteiger partial charge in [-0.15, -0.1) is 0 Å². The number of nitrogens with two attached hydrogens (primary N) is 1. The lowest BCUT2D eigenvalue weighted by molar-refractivity contribution is -0.288. The molecule has 3 unspecified atom stereocenters. The van der Waals surface area contributed by atoms with Gasteiger partial charge in [0, 0.05) is 43.6 Å². The summed E-state index contributed by atoms with van der Waals surface area (Å²) in [6.07, 6.45) is -4.22. The van der Waals surface area contributed by atoms with Gasteiger partial charge in [0.1, 0.15) is 24.4 Å². The van der Waals surface area contributed by atoms with Crippen LogP contribution in [-0.2, 0) is 38.1 Å². The molecule has 0 radical (unpaired) electrons. The fourth-order valence-corrected chi connectivity index (χ4v) is 6.96. The molecule has 3 fully saturated rings. The number of cyclic esters (lactones) is 1. The Bertz CT molecular complexity index is 1190. The van der Waals surface area contributed by atoms with E-state index < -0.39 is 84.0 Å². The van der Waals surface area contributed by atoms with Gasteiger partial charge in [-0.05, 0) is 64.3 Å². The Hall–Kier alpha value is -3.01. The van der Waals surface area contributed by atoms with Gasteiger partial charge in [0.2, 0.25) is 5.91 Å². The summed E-state index contributed by atoms with van der Waals surface area (Å²) in [6.45, 7) is 10.9. The molecule has 4 N–H and O–H groups in total.